The summed E-state index contributed by atoms with van der Waals surface area (Å²) in [4.78, 5) is 22.0. The van der Waals surface area contributed by atoms with E-state index in [-0.39, 0.29) is 17.6 Å². The summed E-state index contributed by atoms with van der Waals surface area (Å²) in [5, 5.41) is 18.2. The second-order valence-electron chi connectivity index (χ2n) is 10.1. The van der Waals surface area contributed by atoms with Gasteiger partial charge < -0.3 is 14.4 Å². The Morgan fingerprint density at radius 1 is 1.27 bits per heavy atom. The number of benzene rings is 1. The van der Waals surface area contributed by atoms with E-state index >= 15 is 0 Å². The third kappa shape index (κ3) is 4.25. The molecule has 188 valence electrons. The molecule has 3 aromatic heterocycles. The molecule has 2 fully saturated rings. The average Bonchev–Trinajstić information content (AvgIpc) is 3.26. The number of hydrogen-bond donors (Lipinski definition) is 1. The van der Waals surface area contributed by atoms with Crippen molar-refractivity contribution in [2.45, 2.75) is 50.5 Å². The molecule has 0 bridgehead atoms. The first-order valence-corrected chi connectivity index (χ1v) is 13.2. The Bertz CT molecular complexity index is 1560. The van der Waals surface area contributed by atoms with Crippen molar-refractivity contribution in [3.63, 3.8) is 0 Å². The van der Waals surface area contributed by atoms with Crippen molar-refractivity contribution >= 4 is 27.7 Å². The Morgan fingerprint density at radius 2 is 2.08 bits per heavy atom. The fraction of sp³-hybridized carbons (Fsp3) is 0.357. The summed E-state index contributed by atoms with van der Waals surface area (Å²) in [5.41, 5.74) is 2.84. The van der Waals surface area contributed by atoms with Gasteiger partial charge in [-0.15, -0.1) is 11.3 Å². The SMILES string of the molecule is Cn1c(C2CC23CCC(c2cccc(OCc4ccc(C#N)cc4F)n2)CC3)nc2sc(C(=O)O)cc21. The van der Waals surface area contributed by atoms with Crippen LogP contribution in [0.2, 0.25) is 0 Å². The van der Waals surface area contributed by atoms with E-state index in [1.165, 1.54) is 17.4 Å². The van der Waals surface area contributed by atoms with Gasteiger partial charge in [0.25, 0.3) is 0 Å². The van der Waals surface area contributed by atoms with Gasteiger partial charge in [-0.25, -0.2) is 19.2 Å². The zero-order valence-electron chi connectivity index (χ0n) is 20.3. The van der Waals surface area contributed by atoms with Gasteiger partial charge in [0, 0.05) is 36.2 Å². The van der Waals surface area contributed by atoms with Crippen LogP contribution < -0.4 is 4.74 Å². The number of carbonyl (C=O) groups is 1. The number of rotatable bonds is 6. The molecule has 0 amide bonds. The van der Waals surface area contributed by atoms with E-state index in [0.717, 1.165) is 54.0 Å². The van der Waals surface area contributed by atoms with E-state index in [4.69, 9.17) is 20.0 Å². The standard InChI is InChI=1S/C28H25FN4O3S/c1-33-22-12-23(27(34)35)37-26(22)32-25(33)19-13-28(19)9-7-17(8-10-28)21-3-2-4-24(31-21)36-15-18-6-5-16(14-30)11-20(18)29/h2-6,11-12,17,19H,7-10,13,15H2,1H3,(H,34,35). The van der Waals surface area contributed by atoms with Gasteiger partial charge in [-0.2, -0.15) is 5.26 Å². The van der Waals surface area contributed by atoms with E-state index < -0.39 is 11.8 Å². The van der Waals surface area contributed by atoms with Crippen LogP contribution in [0, 0.1) is 22.6 Å². The van der Waals surface area contributed by atoms with E-state index in [1.54, 1.807) is 24.3 Å². The molecule has 9 heteroatoms. The Morgan fingerprint density at radius 3 is 2.78 bits per heavy atom. The van der Waals surface area contributed by atoms with Crippen molar-refractivity contribution in [1.29, 1.82) is 5.26 Å². The van der Waals surface area contributed by atoms with E-state index in [1.807, 2.05) is 25.2 Å². The fourth-order valence-electron chi connectivity index (χ4n) is 5.79. The molecular formula is C28H25FN4O3S. The zero-order chi connectivity index (χ0) is 25.7. The number of fused-ring (bicyclic) bond motifs is 1. The van der Waals surface area contributed by atoms with Gasteiger partial charge in [-0.1, -0.05) is 12.1 Å². The highest BCUT2D eigenvalue weighted by Crippen LogP contribution is 2.67. The molecule has 3 heterocycles. The fourth-order valence-corrected chi connectivity index (χ4v) is 6.70. The summed E-state index contributed by atoms with van der Waals surface area (Å²) < 4.78 is 22.0. The summed E-state index contributed by atoms with van der Waals surface area (Å²) in [6.45, 7) is 0.0541. The minimum atomic E-state index is -0.907. The van der Waals surface area contributed by atoms with Crippen molar-refractivity contribution in [1.82, 2.24) is 14.5 Å². The van der Waals surface area contributed by atoms with E-state index in [9.17, 15) is 14.3 Å². The van der Waals surface area contributed by atoms with Crippen molar-refractivity contribution in [3.8, 4) is 11.9 Å². The number of halogens is 1. The normalized spacial score (nSPS) is 22.7. The Kier molecular flexibility index (Phi) is 5.72. The molecule has 1 aromatic carbocycles. The van der Waals surface area contributed by atoms with Gasteiger partial charge in [-0.05, 0) is 61.8 Å². The minimum absolute atomic E-state index is 0.0541. The molecule has 1 unspecified atom stereocenters. The molecule has 4 aromatic rings. The number of aromatic nitrogens is 3. The number of carboxylic acids is 1. The van der Waals surface area contributed by atoms with Gasteiger partial charge in [0.1, 0.15) is 28.0 Å². The lowest BCUT2D eigenvalue weighted by Crippen LogP contribution is -2.17. The number of pyridine rings is 1. The number of nitriles is 1. The summed E-state index contributed by atoms with van der Waals surface area (Å²) >= 11 is 1.24. The van der Waals surface area contributed by atoms with Crippen LogP contribution in [0.25, 0.3) is 10.3 Å². The Hall–Kier alpha value is -3.77. The van der Waals surface area contributed by atoms with E-state index in [0.29, 0.717) is 28.2 Å². The van der Waals surface area contributed by atoms with Crippen molar-refractivity contribution in [2.24, 2.45) is 12.5 Å². The quantitative estimate of drug-likeness (QED) is 0.330. The van der Waals surface area contributed by atoms with Crippen molar-refractivity contribution in [3.05, 3.63) is 75.8 Å². The second-order valence-corrected chi connectivity index (χ2v) is 11.2. The van der Waals surface area contributed by atoms with Crippen LogP contribution in [0.3, 0.4) is 0 Å². The van der Waals surface area contributed by atoms with E-state index in [2.05, 4.69) is 4.57 Å². The number of aryl methyl sites for hydroxylation is 1. The lowest BCUT2D eigenvalue weighted by molar-refractivity contribution is 0.0702. The van der Waals surface area contributed by atoms with Gasteiger partial charge in [0.2, 0.25) is 5.88 Å². The third-order valence-corrected chi connectivity index (χ3v) is 9.04. The first-order valence-electron chi connectivity index (χ1n) is 12.3. The van der Waals surface area contributed by atoms with Crippen molar-refractivity contribution < 1.29 is 19.0 Å². The summed E-state index contributed by atoms with van der Waals surface area (Å²) in [7, 11) is 1.99. The molecule has 0 saturated heterocycles. The monoisotopic (exact) mass is 516 g/mol. The average molecular weight is 517 g/mol. The smallest absolute Gasteiger partial charge is 0.346 e. The number of nitrogens with zero attached hydrogens (tertiary/aromatic N) is 4. The first kappa shape index (κ1) is 23.6. The molecule has 2 aliphatic rings. The maximum Gasteiger partial charge on any atom is 0.346 e. The molecule has 1 N–H and O–H groups in total. The number of carboxylic acid groups (broad SMARTS) is 1. The predicted molar refractivity (Wildman–Crippen MR) is 136 cm³/mol. The molecule has 7 nitrogen and oxygen atoms in total. The van der Waals surface area contributed by atoms with Crippen LogP contribution in [0.15, 0.2) is 42.5 Å². The van der Waals surface area contributed by atoms with Crippen LogP contribution >= 0.6 is 11.3 Å². The molecule has 0 aliphatic heterocycles. The molecule has 1 atom stereocenters. The highest BCUT2D eigenvalue weighted by atomic mass is 32.1. The maximum atomic E-state index is 14.2. The topological polar surface area (TPSA) is 101 Å². The zero-order valence-corrected chi connectivity index (χ0v) is 21.1. The van der Waals surface area contributed by atoms with Crippen molar-refractivity contribution in [2.75, 3.05) is 0 Å². The molecular weight excluding hydrogens is 491 g/mol. The van der Waals surface area contributed by atoms with Crippen LogP contribution in [0.5, 0.6) is 5.88 Å². The van der Waals surface area contributed by atoms with Gasteiger partial charge in [0.15, 0.2) is 0 Å². The number of hydrogen-bond acceptors (Lipinski definition) is 6. The molecule has 0 radical (unpaired) electrons. The first-order chi connectivity index (χ1) is 17.9. The lowest BCUT2D eigenvalue weighted by atomic mass is 9.77. The summed E-state index contributed by atoms with van der Waals surface area (Å²) in [5.74, 6) is 0.943. The molecule has 1 spiro atoms. The predicted octanol–water partition coefficient (Wildman–Crippen LogP) is 6.15. The van der Waals surface area contributed by atoms with Crippen LogP contribution in [0.4, 0.5) is 4.39 Å². The molecule has 6 rings (SSSR count). The highest BCUT2D eigenvalue weighted by molar-refractivity contribution is 7.20. The third-order valence-electron chi connectivity index (χ3n) is 8.03. The van der Waals surface area contributed by atoms with Gasteiger partial charge in [-0.3, -0.25) is 0 Å². The van der Waals surface area contributed by atoms with Gasteiger partial charge >= 0.3 is 5.97 Å². The largest absolute Gasteiger partial charge is 0.477 e. The van der Waals surface area contributed by atoms with Gasteiger partial charge in [0.05, 0.1) is 17.1 Å². The Balaban J connectivity index is 1.09. The van der Waals surface area contributed by atoms with Crippen LogP contribution in [-0.2, 0) is 13.7 Å². The summed E-state index contributed by atoms with van der Waals surface area (Å²) in [6, 6.07) is 13.8. The summed E-state index contributed by atoms with van der Waals surface area (Å²) in [6.07, 6.45) is 5.41. The molecule has 2 saturated carbocycles. The number of ether oxygens (including phenoxy) is 1. The number of thiophene rings is 1. The maximum absolute atomic E-state index is 14.2. The Labute approximate surface area is 217 Å². The highest BCUT2D eigenvalue weighted by Gasteiger charge is 2.57. The lowest BCUT2D eigenvalue weighted by Gasteiger charge is -2.29. The number of imidazole rings is 1. The minimum Gasteiger partial charge on any atom is -0.477 e. The molecule has 2 aliphatic carbocycles. The van der Waals surface area contributed by atoms with Crippen LogP contribution in [-0.4, -0.2) is 25.6 Å². The number of aromatic carboxylic acids is 1. The van der Waals surface area contributed by atoms with Crippen LogP contribution in [0.1, 0.15) is 76.3 Å². The second kappa shape index (κ2) is 8.96. The molecule has 37 heavy (non-hydrogen) atoms.